The third-order valence-corrected chi connectivity index (χ3v) is 6.79. The maximum Gasteiger partial charge on any atom is 0.258 e. The molecule has 2 aromatic heterocycles. The molecule has 0 N–H and O–H groups in total. The zero-order valence-electron chi connectivity index (χ0n) is 13.4. The van der Waals surface area contributed by atoms with Crippen LogP contribution in [0.25, 0.3) is 4.96 Å². The highest BCUT2D eigenvalue weighted by atomic mass is 32.2. The molecule has 2 unspecified atom stereocenters. The van der Waals surface area contributed by atoms with Crippen LogP contribution < -0.4 is 5.56 Å². The van der Waals surface area contributed by atoms with Crippen LogP contribution in [0.5, 0.6) is 0 Å². The first-order valence-electron chi connectivity index (χ1n) is 8.19. The predicted octanol–water partition coefficient (Wildman–Crippen LogP) is 1.77. The first-order chi connectivity index (χ1) is 11.2. The van der Waals surface area contributed by atoms with Gasteiger partial charge in [-0.3, -0.25) is 19.0 Å². The van der Waals surface area contributed by atoms with E-state index in [9.17, 15) is 4.79 Å². The van der Waals surface area contributed by atoms with E-state index < -0.39 is 0 Å². The van der Waals surface area contributed by atoms with Gasteiger partial charge >= 0.3 is 0 Å². The maximum atomic E-state index is 12.1. The second kappa shape index (κ2) is 6.55. The van der Waals surface area contributed by atoms with Gasteiger partial charge in [0.1, 0.15) is 0 Å². The van der Waals surface area contributed by atoms with Crippen LogP contribution in [-0.4, -0.2) is 62.9 Å². The predicted molar refractivity (Wildman–Crippen MR) is 96.5 cm³/mol. The third-order valence-electron chi connectivity index (χ3n) is 4.97. The third kappa shape index (κ3) is 3.07. The Kier molecular flexibility index (Phi) is 4.45. The lowest BCUT2D eigenvalue weighted by atomic mass is 10.2. The molecule has 0 aliphatic carbocycles. The quantitative estimate of drug-likeness (QED) is 0.841. The first-order valence-corrected chi connectivity index (χ1v) is 10.4. The van der Waals surface area contributed by atoms with Crippen LogP contribution in [0.3, 0.4) is 0 Å². The molecule has 0 aromatic carbocycles. The Morgan fingerprint density at radius 2 is 2.17 bits per heavy atom. The monoisotopic (exact) mass is 350 g/mol. The number of likely N-dealkylation sites (tertiary alicyclic amines) is 2. The number of nitrogens with zero attached hydrogens (tertiary/aromatic N) is 4. The fourth-order valence-electron chi connectivity index (χ4n) is 3.82. The molecule has 2 saturated heterocycles. The van der Waals surface area contributed by atoms with E-state index >= 15 is 0 Å². The first kappa shape index (κ1) is 15.6. The van der Waals surface area contributed by atoms with Crippen LogP contribution in [-0.2, 0) is 6.54 Å². The zero-order valence-corrected chi connectivity index (χ0v) is 15.0. The van der Waals surface area contributed by atoms with E-state index in [0.29, 0.717) is 11.3 Å². The molecule has 2 aliphatic heterocycles. The van der Waals surface area contributed by atoms with Crippen molar-refractivity contribution >= 4 is 28.1 Å². The Bertz CT molecular complexity index is 737. The van der Waals surface area contributed by atoms with Crippen molar-refractivity contribution < 1.29 is 0 Å². The summed E-state index contributed by atoms with van der Waals surface area (Å²) in [6.07, 6.45) is 6.69. The van der Waals surface area contributed by atoms with E-state index in [1.54, 1.807) is 16.7 Å². The molecular formula is C16H22N4OS2. The SMILES string of the molecule is CSC1CN(Cc2cc(=O)n3ccsc3n2)CC1N1CCCC1. The topological polar surface area (TPSA) is 40.9 Å². The van der Waals surface area contributed by atoms with Gasteiger partial charge in [-0.05, 0) is 32.2 Å². The summed E-state index contributed by atoms with van der Waals surface area (Å²) in [7, 11) is 0. The summed E-state index contributed by atoms with van der Waals surface area (Å²) >= 11 is 3.50. The lowest BCUT2D eigenvalue weighted by molar-refractivity contribution is 0.230. The minimum absolute atomic E-state index is 0.0305. The van der Waals surface area contributed by atoms with Crippen molar-refractivity contribution in [2.45, 2.75) is 30.7 Å². The van der Waals surface area contributed by atoms with Gasteiger partial charge in [-0.2, -0.15) is 11.8 Å². The van der Waals surface area contributed by atoms with Gasteiger partial charge in [-0.15, -0.1) is 11.3 Å². The van der Waals surface area contributed by atoms with Crippen LogP contribution >= 0.6 is 23.1 Å². The van der Waals surface area contributed by atoms with E-state index in [4.69, 9.17) is 0 Å². The van der Waals surface area contributed by atoms with Gasteiger partial charge in [0.25, 0.3) is 5.56 Å². The van der Waals surface area contributed by atoms with Gasteiger partial charge in [-0.25, -0.2) is 4.98 Å². The largest absolute Gasteiger partial charge is 0.298 e. The maximum absolute atomic E-state index is 12.1. The minimum atomic E-state index is 0.0305. The van der Waals surface area contributed by atoms with E-state index in [1.165, 1.54) is 37.3 Å². The molecule has 5 nitrogen and oxygen atoms in total. The Morgan fingerprint density at radius 3 is 2.96 bits per heavy atom. The highest BCUT2D eigenvalue weighted by molar-refractivity contribution is 7.99. The number of fused-ring (bicyclic) bond motifs is 1. The smallest absolute Gasteiger partial charge is 0.258 e. The average molecular weight is 351 g/mol. The normalized spacial score (nSPS) is 26.5. The summed E-state index contributed by atoms with van der Waals surface area (Å²) in [6, 6.07) is 2.34. The fraction of sp³-hybridized carbons (Fsp3) is 0.625. The van der Waals surface area contributed by atoms with Crippen molar-refractivity contribution in [1.82, 2.24) is 19.2 Å². The summed E-state index contributed by atoms with van der Waals surface area (Å²) in [6.45, 7) is 5.46. The Hall–Kier alpha value is -0.890. The molecule has 23 heavy (non-hydrogen) atoms. The highest BCUT2D eigenvalue weighted by Gasteiger charge is 2.37. The molecule has 0 saturated carbocycles. The molecule has 2 fully saturated rings. The van der Waals surface area contributed by atoms with Gasteiger partial charge in [-0.1, -0.05) is 0 Å². The van der Waals surface area contributed by atoms with E-state index in [-0.39, 0.29) is 5.56 Å². The molecular weight excluding hydrogens is 328 g/mol. The Labute approximate surface area is 144 Å². The highest BCUT2D eigenvalue weighted by Crippen LogP contribution is 2.28. The van der Waals surface area contributed by atoms with E-state index in [1.807, 2.05) is 17.1 Å². The van der Waals surface area contributed by atoms with Crippen LogP contribution in [0.4, 0.5) is 0 Å². The number of hydrogen-bond acceptors (Lipinski definition) is 6. The van der Waals surface area contributed by atoms with Crippen molar-refractivity contribution in [2.24, 2.45) is 0 Å². The molecule has 4 heterocycles. The van der Waals surface area contributed by atoms with Crippen molar-refractivity contribution in [3.8, 4) is 0 Å². The summed E-state index contributed by atoms with van der Waals surface area (Å²) in [5.41, 5.74) is 0.933. The van der Waals surface area contributed by atoms with Gasteiger partial charge in [0.05, 0.1) is 5.69 Å². The second-order valence-electron chi connectivity index (χ2n) is 6.42. The van der Waals surface area contributed by atoms with Crippen molar-refractivity contribution in [2.75, 3.05) is 32.4 Å². The molecule has 0 spiro atoms. The molecule has 2 aromatic rings. The standard InChI is InChI=1S/C16H22N4OS2/c1-22-14-11-18(10-13(14)19-4-2-3-5-19)9-12-8-15(21)20-6-7-23-16(20)17-12/h6-8,13-14H,2-5,9-11H2,1H3. The molecule has 0 radical (unpaired) electrons. The number of aromatic nitrogens is 2. The van der Waals surface area contributed by atoms with Crippen LogP contribution in [0.15, 0.2) is 22.4 Å². The second-order valence-corrected chi connectivity index (χ2v) is 8.37. The fourth-order valence-corrected chi connectivity index (χ4v) is 5.49. The van der Waals surface area contributed by atoms with Crippen molar-refractivity contribution in [1.29, 1.82) is 0 Å². The number of thiazole rings is 1. The van der Waals surface area contributed by atoms with E-state index in [2.05, 4.69) is 21.0 Å². The van der Waals surface area contributed by atoms with Crippen LogP contribution in [0, 0.1) is 0 Å². The van der Waals surface area contributed by atoms with Crippen molar-refractivity contribution in [3.05, 3.63) is 33.7 Å². The molecule has 0 amide bonds. The lowest BCUT2D eigenvalue weighted by Gasteiger charge is -2.27. The molecule has 7 heteroatoms. The van der Waals surface area contributed by atoms with E-state index in [0.717, 1.165) is 30.3 Å². The van der Waals surface area contributed by atoms with Gasteiger partial charge in [0.15, 0.2) is 4.96 Å². The molecule has 0 bridgehead atoms. The number of rotatable bonds is 4. The number of thioether (sulfide) groups is 1. The molecule has 4 rings (SSSR count). The van der Waals surface area contributed by atoms with Crippen molar-refractivity contribution in [3.63, 3.8) is 0 Å². The van der Waals surface area contributed by atoms with Crippen LogP contribution in [0.1, 0.15) is 18.5 Å². The van der Waals surface area contributed by atoms with Crippen LogP contribution in [0.2, 0.25) is 0 Å². The zero-order chi connectivity index (χ0) is 15.8. The Morgan fingerprint density at radius 1 is 1.35 bits per heavy atom. The lowest BCUT2D eigenvalue weighted by Crippen LogP contribution is -2.40. The minimum Gasteiger partial charge on any atom is -0.298 e. The number of hydrogen-bond donors (Lipinski definition) is 0. The molecule has 2 atom stereocenters. The summed E-state index contributed by atoms with van der Waals surface area (Å²) in [5.74, 6) is 0. The summed E-state index contributed by atoms with van der Waals surface area (Å²) in [5, 5.41) is 2.58. The molecule has 124 valence electrons. The molecule has 2 aliphatic rings. The summed E-state index contributed by atoms with van der Waals surface area (Å²) in [4.78, 5) is 22.7. The average Bonchev–Trinajstić information content (AvgIpc) is 3.27. The van der Waals surface area contributed by atoms with Gasteiger partial charge in [0.2, 0.25) is 0 Å². The Balaban J connectivity index is 1.50. The van der Waals surface area contributed by atoms with Gasteiger partial charge in [0, 0.05) is 48.6 Å². The van der Waals surface area contributed by atoms with Gasteiger partial charge < -0.3 is 0 Å². The summed E-state index contributed by atoms with van der Waals surface area (Å²) < 4.78 is 1.62.